The highest BCUT2D eigenvalue weighted by Crippen LogP contribution is 2.34. The molecule has 5 aromatic rings. The van der Waals surface area contributed by atoms with Gasteiger partial charge in [0.15, 0.2) is 16.4 Å². The van der Waals surface area contributed by atoms with E-state index in [2.05, 4.69) is 19.9 Å². The smallest absolute Gasteiger partial charge is 0.249 e. The topological polar surface area (TPSA) is 84.2 Å². The molecule has 0 fully saturated rings. The van der Waals surface area contributed by atoms with Crippen LogP contribution in [0.4, 0.5) is 0 Å². The lowest BCUT2D eigenvalue weighted by Gasteiger charge is -2.12. The lowest BCUT2D eigenvalue weighted by molar-refractivity contribution is 0.413. The lowest BCUT2D eigenvalue weighted by atomic mass is 10.2. The van der Waals surface area contributed by atoms with Gasteiger partial charge in [-0.05, 0) is 42.8 Å². The maximum absolute atomic E-state index is 6.17. The highest BCUT2D eigenvalue weighted by atomic mass is 35.5. The van der Waals surface area contributed by atoms with Crippen LogP contribution in [0.25, 0.3) is 22.1 Å². The number of fused-ring (bicyclic) bond motifs is 2. The molecule has 0 aliphatic rings. The Kier molecular flexibility index (Phi) is 4.99. The Morgan fingerprint density at radius 3 is 2.50 bits per heavy atom. The van der Waals surface area contributed by atoms with Gasteiger partial charge in [-0.3, -0.25) is 0 Å². The van der Waals surface area contributed by atoms with Crippen molar-refractivity contribution in [2.45, 2.75) is 6.92 Å². The number of aromatic nitrogens is 5. The van der Waals surface area contributed by atoms with Crippen LogP contribution in [0, 0.1) is 6.92 Å². The predicted octanol–water partition coefficient (Wildman–Crippen LogP) is 5.47. The molecular weight excluding hydrogens is 430 g/mol. The Labute approximate surface area is 188 Å². The maximum Gasteiger partial charge on any atom is 0.249 e. The molecule has 0 saturated carbocycles. The monoisotopic (exact) mass is 447 g/mol. The van der Waals surface area contributed by atoms with Gasteiger partial charge in [0.1, 0.15) is 23.6 Å². The SMILES string of the molecule is COc1cc2ncnc(Oc3ccc(Oc4ccc5c(c4)ncn5C)c(C)c3)c2nc1Cl. The van der Waals surface area contributed by atoms with Crippen LogP contribution in [-0.4, -0.2) is 31.6 Å². The number of pyridine rings is 1. The van der Waals surface area contributed by atoms with Crippen molar-refractivity contribution in [1.29, 1.82) is 0 Å². The lowest BCUT2D eigenvalue weighted by Crippen LogP contribution is -1.96. The average molecular weight is 448 g/mol. The summed E-state index contributed by atoms with van der Waals surface area (Å²) in [6.07, 6.45) is 3.19. The predicted molar refractivity (Wildman–Crippen MR) is 121 cm³/mol. The van der Waals surface area contributed by atoms with Crippen LogP contribution in [0.5, 0.6) is 28.9 Å². The second-order valence-corrected chi connectivity index (χ2v) is 7.52. The van der Waals surface area contributed by atoms with E-state index in [0.717, 1.165) is 16.6 Å². The third kappa shape index (κ3) is 3.65. The van der Waals surface area contributed by atoms with E-state index in [1.807, 2.05) is 48.9 Å². The molecule has 3 aromatic heterocycles. The number of nitrogens with zero attached hydrogens (tertiary/aromatic N) is 5. The van der Waals surface area contributed by atoms with Crippen LogP contribution in [0.3, 0.4) is 0 Å². The molecule has 0 atom stereocenters. The normalized spacial score (nSPS) is 11.1. The minimum Gasteiger partial charge on any atom is -0.493 e. The third-order valence-electron chi connectivity index (χ3n) is 5.00. The molecule has 8 nitrogen and oxygen atoms in total. The van der Waals surface area contributed by atoms with E-state index in [0.29, 0.717) is 39.9 Å². The van der Waals surface area contributed by atoms with E-state index in [1.165, 1.54) is 13.4 Å². The van der Waals surface area contributed by atoms with Gasteiger partial charge in [0.25, 0.3) is 0 Å². The first-order chi connectivity index (χ1) is 15.5. The van der Waals surface area contributed by atoms with Crippen LogP contribution in [0.15, 0.2) is 55.1 Å². The van der Waals surface area contributed by atoms with Gasteiger partial charge >= 0.3 is 0 Å². The number of hydrogen-bond acceptors (Lipinski definition) is 7. The molecule has 0 bridgehead atoms. The molecule has 32 heavy (non-hydrogen) atoms. The van der Waals surface area contributed by atoms with Gasteiger partial charge in [0.2, 0.25) is 5.88 Å². The second-order valence-electron chi connectivity index (χ2n) is 7.17. The largest absolute Gasteiger partial charge is 0.493 e. The Balaban J connectivity index is 1.41. The van der Waals surface area contributed by atoms with E-state index in [4.69, 9.17) is 25.8 Å². The van der Waals surface area contributed by atoms with Gasteiger partial charge in [-0.2, -0.15) is 4.98 Å². The van der Waals surface area contributed by atoms with Crippen molar-refractivity contribution in [3.63, 3.8) is 0 Å². The van der Waals surface area contributed by atoms with Crippen LogP contribution >= 0.6 is 11.6 Å². The summed E-state index contributed by atoms with van der Waals surface area (Å²) in [7, 11) is 3.48. The Morgan fingerprint density at radius 2 is 1.69 bits per heavy atom. The fraction of sp³-hybridized carbons (Fsp3) is 0.130. The fourth-order valence-corrected chi connectivity index (χ4v) is 3.58. The summed E-state index contributed by atoms with van der Waals surface area (Å²) in [6, 6.07) is 13.0. The number of benzene rings is 2. The fourth-order valence-electron chi connectivity index (χ4n) is 3.36. The first-order valence-electron chi connectivity index (χ1n) is 9.74. The first kappa shape index (κ1) is 20.0. The highest BCUT2D eigenvalue weighted by Gasteiger charge is 2.13. The van der Waals surface area contributed by atoms with Crippen molar-refractivity contribution in [2.24, 2.45) is 7.05 Å². The number of ether oxygens (including phenoxy) is 3. The molecule has 5 rings (SSSR count). The number of imidazole rings is 1. The van der Waals surface area contributed by atoms with Gasteiger partial charge in [-0.25, -0.2) is 15.0 Å². The number of aryl methyl sites for hydroxylation is 2. The van der Waals surface area contributed by atoms with Crippen molar-refractivity contribution in [3.8, 4) is 28.9 Å². The summed E-state index contributed by atoms with van der Waals surface area (Å²) in [4.78, 5) is 17.1. The van der Waals surface area contributed by atoms with E-state index in [9.17, 15) is 0 Å². The molecule has 0 N–H and O–H groups in total. The number of methoxy groups -OCH3 is 1. The Morgan fingerprint density at radius 1 is 0.875 bits per heavy atom. The summed E-state index contributed by atoms with van der Waals surface area (Å²) in [5.41, 5.74) is 3.83. The molecule has 0 unspecified atom stereocenters. The Hall–Kier alpha value is -3.91. The van der Waals surface area contributed by atoms with Crippen molar-refractivity contribution < 1.29 is 14.2 Å². The summed E-state index contributed by atoms with van der Waals surface area (Å²) in [6.45, 7) is 1.94. The van der Waals surface area contributed by atoms with Crippen molar-refractivity contribution in [2.75, 3.05) is 7.11 Å². The van der Waals surface area contributed by atoms with E-state index >= 15 is 0 Å². The van der Waals surface area contributed by atoms with Gasteiger partial charge in [0.05, 0.1) is 30.0 Å². The molecule has 3 heterocycles. The van der Waals surface area contributed by atoms with Crippen molar-refractivity contribution >= 4 is 33.7 Å². The molecule has 160 valence electrons. The molecule has 2 aromatic carbocycles. The molecule has 0 aliphatic heterocycles. The molecular formula is C23H18ClN5O3. The van der Waals surface area contributed by atoms with Crippen LogP contribution in [0.2, 0.25) is 5.15 Å². The molecule has 0 saturated heterocycles. The quantitative estimate of drug-likeness (QED) is 0.330. The zero-order chi connectivity index (χ0) is 22.2. The van der Waals surface area contributed by atoms with Crippen molar-refractivity contribution in [3.05, 3.63) is 65.8 Å². The van der Waals surface area contributed by atoms with Crippen LogP contribution < -0.4 is 14.2 Å². The molecule has 0 radical (unpaired) electrons. The second kappa shape index (κ2) is 7.97. The summed E-state index contributed by atoms with van der Waals surface area (Å²) in [5, 5.41) is 0.212. The summed E-state index contributed by atoms with van der Waals surface area (Å²) >= 11 is 6.17. The summed E-state index contributed by atoms with van der Waals surface area (Å²) < 4.78 is 19.2. The zero-order valence-electron chi connectivity index (χ0n) is 17.5. The highest BCUT2D eigenvalue weighted by molar-refractivity contribution is 6.31. The van der Waals surface area contributed by atoms with Crippen LogP contribution in [-0.2, 0) is 7.05 Å². The molecule has 0 spiro atoms. The molecule has 0 aliphatic carbocycles. The third-order valence-corrected chi connectivity index (χ3v) is 5.27. The number of hydrogen-bond donors (Lipinski definition) is 0. The summed E-state index contributed by atoms with van der Waals surface area (Å²) in [5.74, 6) is 2.75. The van der Waals surface area contributed by atoms with E-state index in [-0.39, 0.29) is 5.15 Å². The van der Waals surface area contributed by atoms with Crippen LogP contribution in [0.1, 0.15) is 5.56 Å². The standard InChI is InChI=1S/C23H18ClN5O3/c1-13-8-14(32-23-21-17(25-11-26-23)10-20(30-3)22(24)28-21)5-7-19(13)31-15-4-6-18-16(9-15)27-12-29(18)2/h4-12H,1-3H3. The molecule has 9 heteroatoms. The number of rotatable bonds is 5. The number of halogens is 1. The maximum atomic E-state index is 6.17. The van der Waals surface area contributed by atoms with Gasteiger partial charge in [-0.1, -0.05) is 11.6 Å². The van der Waals surface area contributed by atoms with Gasteiger partial charge in [-0.15, -0.1) is 0 Å². The van der Waals surface area contributed by atoms with Gasteiger partial charge in [0, 0.05) is 19.2 Å². The Bertz CT molecular complexity index is 1470. The van der Waals surface area contributed by atoms with E-state index in [1.54, 1.807) is 18.5 Å². The average Bonchev–Trinajstić information content (AvgIpc) is 3.16. The first-order valence-corrected chi connectivity index (χ1v) is 10.1. The zero-order valence-corrected chi connectivity index (χ0v) is 18.3. The van der Waals surface area contributed by atoms with Gasteiger partial charge < -0.3 is 18.8 Å². The molecule has 0 amide bonds. The minimum absolute atomic E-state index is 0.212. The minimum atomic E-state index is 0.212. The van der Waals surface area contributed by atoms with Crippen molar-refractivity contribution in [1.82, 2.24) is 24.5 Å². The van der Waals surface area contributed by atoms with E-state index < -0.39 is 0 Å².